The van der Waals surface area contributed by atoms with Gasteiger partial charge in [0.2, 0.25) is 5.78 Å². The van der Waals surface area contributed by atoms with Gasteiger partial charge >= 0.3 is 0 Å². The third kappa shape index (κ3) is 5.98. The number of Topliss-reactive ketones (excluding diaryl/α,β-unsaturated/α-hetero) is 1. The van der Waals surface area contributed by atoms with Gasteiger partial charge in [-0.25, -0.2) is 8.42 Å². The first-order chi connectivity index (χ1) is 17.3. The second kappa shape index (κ2) is 11.6. The molecule has 0 aliphatic rings. The average molecular weight is 513 g/mol. The third-order valence-corrected chi connectivity index (χ3v) is 7.14. The summed E-state index contributed by atoms with van der Waals surface area (Å²) >= 11 is 0. The molecule has 0 aliphatic carbocycles. The Labute approximate surface area is 210 Å². The maximum atomic E-state index is 13.7. The van der Waals surface area contributed by atoms with Crippen LogP contribution in [0.4, 0.5) is 0 Å². The summed E-state index contributed by atoms with van der Waals surface area (Å²) in [5, 5.41) is 0. The van der Waals surface area contributed by atoms with Crippen molar-refractivity contribution in [1.82, 2.24) is 0 Å². The Hall–Kier alpha value is -3.98. The van der Waals surface area contributed by atoms with Crippen molar-refractivity contribution in [1.29, 1.82) is 0 Å². The number of carbonyl (C=O) groups excluding carboxylic acids is 1. The Kier molecular flexibility index (Phi) is 8.60. The molecule has 36 heavy (non-hydrogen) atoms. The molecule has 3 aromatic rings. The van der Waals surface area contributed by atoms with Gasteiger partial charge in [-0.3, -0.25) is 4.79 Å². The molecule has 0 fully saturated rings. The van der Waals surface area contributed by atoms with Gasteiger partial charge in [-0.1, -0.05) is 12.1 Å². The van der Waals surface area contributed by atoms with Crippen molar-refractivity contribution >= 4 is 21.7 Å². The molecule has 0 atom stereocenters. The normalized spacial score (nSPS) is 11.5. The fourth-order valence-electron chi connectivity index (χ4n) is 3.51. The summed E-state index contributed by atoms with van der Waals surface area (Å²) in [7, 11) is 3.26. The van der Waals surface area contributed by atoms with E-state index in [0.717, 1.165) is 0 Å². The molecule has 3 rings (SSSR count). The third-order valence-electron chi connectivity index (χ3n) is 5.46. The van der Waals surface area contributed by atoms with E-state index in [0.29, 0.717) is 22.8 Å². The minimum absolute atomic E-state index is 0.187. The molecule has 9 heteroatoms. The summed E-state index contributed by atoms with van der Waals surface area (Å²) in [6.07, 6.45) is 1.28. The second-order valence-electron chi connectivity index (χ2n) is 7.62. The number of hydrogen-bond acceptors (Lipinski definition) is 8. The van der Waals surface area contributed by atoms with Crippen LogP contribution in [0.15, 0.2) is 65.6 Å². The van der Waals surface area contributed by atoms with E-state index in [4.69, 9.17) is 23.7 Å². The first-order valence-corrected chi connectivity index (χ1v) is 12.5. The van der Waals surface area contributed by atoms with Crippen LogP contribution in [0.1, 0.15) is 21.5 Å². The summed E-state index contributed by atoms with van der Waals surface area (Å²) in [5.41, 5.74) is 0.973. The maximum Gasteiger partial charge on any atom is 0.204 e. The average Bonchev–Trinajstić information content (AvgIpc) is 2.91. The molecule has 0 heterocycles. The van der Waals surface area contributed by atoms with E-state index in [1.165, 1.54) is 53.8 Å². The lowest BCUT2D eigenvalue weighted by molar-refractivity contribution is 0.104. The highest BCUT2D eigenvalue weighted by Crippen LogP contribution is 2.37. The smallest absolute Gasteiger partial charge is 0.204 e. The van der Waals surface area contributed by atoms with Gasteiger partial charge in [0.15, 0.2) is 9.84 Å². The lowest BCUT2D eigenvalue weighted by atomic mass is 10.1. The number of methoxy groups -OCH3 is 5. The van der Waals surface area contributed by atoms with Crippen molar-refractivity contribution in [2.24, 2.45) is 0 Å². The van der Waals surface area contributed by atoms with Crippen LogP contribution in [-0.2, 0) is 15.6 Å². The molecule has 0 spiro atoms. The second-order valence-corrected chi connectivity index (χ2v) is 9.58. The minimum Gasteiger partial charge on any atom is -0.497 e. The van der Waals surface area contributed by atoms with E-state index in [1.807, 2.05) is 0 Å². The van der Waals surface area contributed by atoms with Crippen LogP contribution in [0.25, 0.3) is 6.08 Å². The Balaban J connectivity index is 2.18. The van der Waals surface area contributed by atoms with Crippen LogP contribution in [0.3, 0.4) is 0 Å². The van der Waals surface area contributed by atoms with Crippen molar-refractivity contribution in [3.8, 4) is 28.7 Å². The Bertz CT molecular complexity index is 1320. The van der Waals surface area contributed by atoms with Crippen LogP contribution < -0.4 is 23.7 Å². The molecular formula is C27H28O8S. The van der Waals surface area contributed by atoms with Gasteiger partial charge in [-0.05, 0) is 48.0 Å². The van der Waals surface area contributed by atoms with E-state index in [9.17, 15) is 13.2 Å². The number of ether oxygens (including phenoxy) is 5. The van der Waals surface area contributed by atoms with E-state index in [1.54, 1.807) is 48.5 Å². The van der Waals surface area contributed by atoms with E-state index in [-0.39, 0.29) is 22.6 Å². The Morgan fingerprint density at radius 3 is 1.61 bits per heavy atom. The van der Waals surface area contributed by atoms with Crippen LogP contribution >= 0.6 is 0 Å². The highest BCUT2D eigenvalue weighted by Gasteiger charge is 2.28. The Morgan fingerprint density at radius 2 is 1.17 bits per heavy atom. The fourth-order valence-corrected chi connectivity index (χ4v) is 4.99. The molecule has 0 unspecified atom stereocenters. The topological polar surface area (TPSA) is 97.4 Å². The monoisotopic (exact) mass is 512 g/mol. The van der Waals surface area contributed by atoms with E-state index in [2.05, 4.69) is 0 Å². The number of ketones is 1. The highest BCUT2D eigenvalue weighted by atomic mass is 32.2. The van der Waals surface area contributed by atoms with Crippen LogP contribution in [-0.4, -0.2) is 49.8 Å². The minimum atomic E-state index is -4.12. The molecule has 0 aliphatic heterocycles. The zero-order valence-corrected chi connectivity index (χ0v) is 21.5. The number of benzene rings is 3. The number of allylic oxidation sites excluding steroid dienone is 1. The number of rotatable bonds is 11. The predicted molar refractivity (Wildman–Crippen MR) is 137 cm³/mol. The molecule has 8 nitrogen and oxygen atoms in total. The van der Waals surface area contributed by atoms with Crippen LogP contribution in [0.2, 0.25) is 0 Å². The van der Waals surface area contributed by atoms with Gasteiger partial charge in [-0.2, -0.15) is 0 Å². The molecule has 0 N–H and O–H groups in total. The quantitative estimate of drug-likeness (QED) is 0.272. The molecule has 3 aromatic carbocycles. The van der Waals surface area contributed by atoms with Crippen molar-refractivity contribution in [2.75, 3.05) is 35.5 Å². The molecule has 0 saturated heterocycles. The number of carbonyl (C=O) groups is 1. The zero-order chi connectivity index (χ0) is 26.3. The molecule has 0 aromatic heterocycles. The number of sulfone groups is 1. The molecule has 190 valence electrons. The fraction of sp³-hybridized carbons (Fsp3) is 0.222. The first kappa shape index (κ1) is 26.6. The molecule has 0 amide bonds. The van der Waals surface area contributed by atoms with E-state index < -0.39 is 26.3 Å². The lowest BCUT2D eigenvalue weighted by Crippen LogP contribution is -2.16. The van der Waals surface area contributed by atoms with Gasteiger partial charge in [0.25, 0.3) is 0 Å². The SMILES string of the molecule is COc1ccc(CS(=O)(=O)/C(=C\c2c(OC)cc(OC)cc2OC)C(=O)c2ccc(OC)cc2)cc1. The largest absolute Gasteiger partial charge is 0.497 e. The van der Waals surface area contributed by atoms with E-state index >= 15 is 0 Å². The van der Waals surface area contributed by atoms with Crippen molar-refractivity contribution < 1.29 is 36.9 Å². The van der Waals surface area contributed by atoms with Gasteiger partial charge in [0, 0.05) is 17.7 Å². The highest BCUT2D eigenvalue weighted by molar-refractivity contribution is 7.95. The summed E-state index contributed by atoms with van der Waals surface area (Å²) in [6.45, 7) is 0. The predicted octanol–water partition coefficient (Wildman–Crippen LogP) is 4.57. The van der Waals surface area contributed by atoms with Gasteiger partial charge in [-0.15, -0.1) is 0 Å². The van der Waals surface area contributed by atoms with Gasteiger partial charge in [0.1, 0.15) is 33.7 Å². The number of hydrogen-bond donors (Lipinski definition) is 0. The van der Waals surface area contributed by atoms with Crippen molar-refractivity contribution in [2.45, 2.75) is 5.75 Å². The van der Waals surface area contributed by atoms with Gasteiger partial charge < -0.3 is 23.7 Å². The zero-order valence-electron chi connectivity index (χ0n) is 20.7. The molecule has 0 bridgehead atoms. The maximum absolute atomic E-state index is 13.7. The van der Waals surface area contributed by atoms with Crippen LogP contribution in [0, 0.1) is 0 Å². The first-order valence-electron chi connectivity index (χ1n) is 10.8. The molecule has 0 saturated carbocycles. The Morgan fingerprint density at radius 1 is 0.694 bits per heavy atom. The van der Waals surface area contributed by atoms with Crippen molar-refractivity contribution in [3.05, 3.63) is 82.3 Å². The van der Waals surface area contributed by atoms with Gasteiger partial charge in [0.05, 0.1) is 46.9 Å². The lowest BCUT2D eigenvalue weighted by Gasteiger charge is -2.15. The summed E-state index contributed by atoms with van der Waals surface area (Å²) in [5.74, 6) is 1.07. The molecule has 0 radical (unpaired) electrons. The molecular weight excluding hydrogens is 484 g/mol. The standard InChI is InChI=1S/C27H28O8S/c1-31-20-10-6-18(7-11-20)17-36(29,30)26(27(28)19-8-12-21(32-2)13-9-19)16-23-24(34-4)14-22(33-3)15-25(23)35-5/h6-16H,17H2,1-5H3/b26-16-. The summed E-state index contributed by atoms with van der Waals surface area (Å²) in [6, 6.07) is 16.0. The van der Waals surface area contributed by atoms with Crippen molar-refractivity contribution in [3.63, 3.8) is 0 Å². The summed E-state index contributed by atoms with van der Waals surface area (Å²) < 4.78 is 53.8. The van der Waals surface area contributed by atoms with Crippen LogP contribution in [0.5, 0.6) is 28.7 Å². The summed E-state index contributed by atoms with van der Waals surface area (Å²) in [4.78, 5) is 13.2.